The number of nitrogens with zero attached hydrogens (tertiary/aromatic N) is 1. The van der Waals surface area contributed by atoms with E-state index in [2.05, 4.69) is 25.7 Å². The first kappa shape index (κ1) is 9.10. The minimum atomic E-state index is -0.0532. The highest BCUT2D eigenvalue weighted by Gasteiger charge is 2.31. The van der Waals surface area contributed by atoms with Crippen molar-refractivity contribution in [2.45, 2.75) is 26.3 Å². The van der Waals surface area contributed by atoms with Crippen molar-refractivity contribution >= 4 is 5.91 Å². The maximum Gasteiger partial charge on any atom is 0.250 e. The standard InChI is InChI=1S/C9H16N2O/c1-6(2)5-8-9(12)11(4)7(3)10-8/h6,8,10H,3,5H2,1-2,4H3/t8-/m1/s1. The molecule has 1 rings (SSSR count). The number of carbonyl (C=O) groups excluding carboxylic acids is 1. The molecule has 1 fully saturated rings. The molecule has 1 N–H and O–H groups in total. The van der Waals surface area contributed by atoms with Crippen molar-refractivity contribution in [3.8, 4) is 0 Å². The van der Waals surface area contributed by atoms with Crippen LogP contribution in [0.2, 0.25) is 0 Å². The van der Waals surface area contributed by atoms with Crippen LogP contribution >= 0.6 is 0 Å². The van der Waals surface area contributed by atoms with Gasteiger partial charge in [-0.25, -0.2) is 0 Å². The van der Waals surface area contributed by atoms with Gasteiger partial charge in [0.05, 0.1) is 0 Å². The molecule has 0 bridgehead atoms. The van der Waals surface area contributed by atoms with Crippen LogP contribution in [0.4, 0.5) is 0 Å². The first-order valence-electron chi connectivity index (χ1n) is 4.25. The van der Waals surface area contributed by atoms with E-state index in [0.717, 1.165) is 6.42 Å². The monoisotopic (exact) mass is 168 g/mol. The van der Waals surface area contributed by atoms with Gasteiger partial charge in [-0.05, 0) is 12.3 Å². The molecule has 0 unspecified atom stereocenters. The Morgan fingerprint density at radius 1 is 1.67 bits per heavy atom. The molecule has 3 heteroatoms. The van der Waals surface area contributed by atoms with Crippen molar-refractivity contribution in [1.29, 1.82) is 0 Å². The highest BCUT2D eigenvalue weighted by atomic mass is 16.2. The molecule has 0 aromatic carbocycles. The molecule has 3 nitrogen and oxygen atoms in total. The molecule has 68 valence electrons. The second-order valence-corrected chi connectivity index (χ2v) is 3.67. The SMILES string of the molecule is C=C1N[C@H](CC(C)C)C(=O)N1C. The zero-order chi connectivity index (χ0) is 9.30. The van der Waals surface area contributed by atoms with Gasteiger partial charge < -0.3 is 10.2 Å². The van der Waals surface area contributed by atoms with Gasteiger partial charge in [-0.2, -0.15) is 0 Å². The van der Waals surface area contributed by atoms with E-state index in [9.17, 15) is 4.79 Å². The van der Waals surface area contributed by atoms with Crippen molar-refractivity contribution in [2.24, 2.45) is 5.92 Å². The Morgan fingerprint density at radius 3 is 2.58 bits per heavy atom. The van der Waals surface area contributed by atoms with Crippen molar-refractivity contribution in [1.82, 2.24) is 10.2 Å². The number of nitrogens with one attached hydrogen (secondary N) is 1. The summed E-state index contributed by atoms with van der Waals surface area (Å²) >= 11 is 0. The predicted molar refractivity (Wildman–Crippen MR) is 48.3 cm³/mol. The number of likely N-dealkylation sites (N-methyl/N-ethyl adjacent to an activating group) is 1. The van der Waals surface area contributed by atoms with Gasteiger partial charge in [0.15, 0.2) is 0 Å². The minimum absolute atomic E-state index is 0.0532. The topological polar surface area (TPSA) is 32.3 Å². The number of rotatable bonds is 2. The van der Waals surface area contributed by atoms with Gasteiger partial charge in [-0.1, -0.05) is 20.4 Å². The van der Waals surface area contributed by atoms with Crippen LogP contribution in [0.1, 0.15) is 20.3 Å². The molecule has 0 saturated carbocycles. The van der Waals surface area contributed by atoms with Crippen LogP contribution < -0.4 is 5.32 Å². The second-order valence-electron chi connectivity index (χ2n) is 3.67. The average molecular weight is 168 g/mol. The van der Waals surface area contributed by atoms with E-state index < -0.39 is 0 Å². The Balaban J connectivity index is 2.59. The zero-order valence-corrected chi connectivity index (χ0v) is 7.92. The first-order valence-corrected chi connectivity index (χ1v) is 4.25. The summed E-state index contributed by atoms with van der Waals surface area (Å²) in [7, 11) is 1.75. The van der Waals surface area contributed by atoms with E-state index in [1.807, 2.05) is 0 Å². The molecular weight excluding hydrogens is 152 g/mol. The maximum absolute atomic E-state index is 11.5. The Kier molecular flexibility index (Phi) is 2.40. The number of carbonyl (C=O) groups is 1. The number of hydrogen-bond acceptors (Lipinski definition) is 2. The van der Waals surface area contributed by atoms with Crippen LogP contribution in [0.5, 0.6) is 0 Å². The lowest BCUT2D eigenvalue weighted by atomic mass is 10.0. The lowest BCUT2D eigenvalue weighted by molar-refractivity contribution is -0.127. The number of hydrogen-bond donors (Lipinski definition) is 1. The molecule has 0 aromatic heterocycles. The lowest BCUT2D eigenvalue weighted by Crippen LogP contribution is -2.30. The third-order valence-electron chi connectivity index (χ3n) is 2.08. The molecule has 1 amide bonds. The predicted octanol–water partition coefficient (Wildman–Crippen LogP) is 0.934. The summed E-state index contributed by atoms with van der Waals surface area (Å²) in [6, 6.07) is -0.0532. The van der Waals surface area contributed by atoms with E-state index in [4.69, 9.17) is 0 Å². The van der Waals surface area contributed by atoms with Crippen LogP contribution in [-0.4, -0.2) is 23.9 Å². The molecule has 1 atom stereocenters. The van der Waals surface area contributed by atoms with Gasteiger partial charge in [0.25, 0.3) is 0 Å². The van der Waals surface area contributed by atoms with Crippen molar-refractivity contribution < 1.29 is 4.79 Å². The number of amides is 1. The largest absolute Gasteiger partial charge is 0.360 e. The molecule has 0 radical (unpaired) electrons. The van der Waals surface area contributed by atoms with Gasteiger partial charge in [0.1, 0.15) is 11.9 Å². The normalized spacial score (nSPS) is 23.7. The van der Waals surface area contributed by atoms with E-state index >= 15 is 0 Å². The average Bonchev–Trinajstić information content (AvgIpc) is 2.17. The van der Waals surface area contributed by atoms with Crippen LogP contribution in [0.3, 0.4) is 0 Å². The van der Waals surface area contributed by atoms with Crippen molar-refractivity contribution in [3.63, 3.8) is 0 Å². The summed E-state index contributed by atoms with van der Waals surface area (Å²) in [5.41, 5.74) is 0. The maximum atomic E-state index is 11.5. The molecule has 1 aliphatic rings. The van der Waals surface area contributed by atoms with Gasteiger partial charge in [-0.15, -0.1) is 0 Å². The molecule has 1 saturated heterocycles. The Labute approximate surface area is 73.4 Å². The molecule has 1 aliphatic heterocycles. The summed E-state index contributed by atoms with van der Waals surface area (Å²) in [6.07, 6.45) is 0.877. The van der Waals surface area contributed by atoms with E-state index in [1.165, 1.54) is 0 Å². The van der Waals surface area contributed by atoms with Crippen molar-refractivity contribution in [3.05, 3.63) is 12.4 Å². The molecule has 0 aliphatic carbocycles. The van der Waals surface area contributed by atoms with Crippen LogP contribution in [0.25, 0.3) is 0 Å². The fourth-order valence-corrected chi connectivity index (χ4v) is 1.36. The van der Waals surface area contributed by atoms with Crippen LogP contribution in [-0.2, 0) is 4.79 Å². The molecular formula is C9H16N2O. The van der Waals surface area contributed by atoms with Crippen LogP contribution in [0, 0.1) is 5.92 Å². The Hall–Kier alpha value is -0.990. The summed E-state index contributed by atoms with van der Waals surface area (Å²) in [6.45, 7) is 7.95. The fraction of sp³-hybridized carbons (Fsp3) is 0.667. The molecule has 0 aromatic rings. The van der Waals surface area contributed by atoms with Gasteiger partial charge in [0.2, 0.25) is 5.91 Å². The van der Waals surface area contributed by atoms with Crippen molar-refractivity contribution in [2.75, 3.05) is 7.05 Å². The second kappa shape index (κ2) is 3.17. The van der Waals surface area contributed by atoms with Gasteiger partial charge in [0, 0.05) is 7.05 Å². The van der Waals surface area contributed by atoms with E-state index in [1.54, 1.807) is 11.9 Å². The highest BCUT2D eigenvalue weighted by molar-refractivity contribution is 5.86. The zero-order valence-electron chi connectivity index (χ0n) is 7.92. The summed E-state index contributed by atoms with van der Waals surface area (Å²) < 4.78 is 0. The van der Waals surface area contributed by atoms with E-state index in [-0.39, 0.29) is 11.9 Å². The van der Waals surface area contributed by atoms with Crippen LogP contribution in [0.15, 0.2) is 12.4 Å². The first-order chi connectivity index (χ1) is 5.52. The van der Waals surface area contributed by atoms with Gasteiger partial charge in [-0.3, -0.25) is 4.79 Å². The summed E-state index contributed by atoms with van der Waals surface area (Å²) in [5, 5.41) is 3.07. The third kappa shape index (κ3) is 1.60. The summed E-state index contributed by atoms with van der Waals surface area (Å²) in [5.74, 6) is 1.38. The lowest BCUT2D eigenvalue weighted by Gasteiger charge is -2.10. The third-order valence-corrected chi connectivity index (χ3v) is 2.08. The quantitative estimate of drug-likeness (QED) is 0.665. The Bertz CT molecular complexity index is 211. The van der Waals surface area contributed by atoms with Gasteiger partial charge >= 0.3 is 0 Å². The van der Waals surface area contributed by atoms with E-state index in [0.29, 0.717) is 11.7 Å². The Morgan fingerprint density at radius 2 is 2.25 bits per heavy atom. The molecule has 0 spiro atoms. The highest BCUT2D eigenvalue weighted by Crippen LogP contribution is 2.15. The fourth-order valence-electron chi connectivity index (χ4n) is 1.36. The molecule has 1 heterocycles. The molecule has 12 heavy (non-hydrogen) atoms. The smallest absolute Gasteiger partial charge is 0.250 e. The minimum Gasteiger partial charge on any atom is -0.360 e. The summed E-state index contributed by atoms with van der Waals surface area (Å²) in [4.78, 5) is 13.0.